The van der Waals surface area contributed by atoms with Gasteiger partial charge < -0.3 is 18.9 Å². The summed E-state index contributed by atoms with van der Waals surface area (Å²) < 4.78 is 16.4. The van der Waals surface area contributed by atoms with Crippen molar-refractivity contribution in [1.29, 1.82) is 0 Å². The van der Waals surface area contributed by atoms with E-state index in [1.807, 2.05) is 30.3 Å². The maximum Gasteiger partial charge on any atom is 0.410 e. The van der Waals surface area contributed by atoms with E-state index in [2.05, 4.69) is 10.1 Å². The molecule has 2 aliphatic heterocycles. The zero-order chi connectivity index (χ0) is 25.1. The highest BCUT2D eigenvalue weighted by molar-refractivity contribution is 6.21. The Morgan fingerprint density at radius 1 is 1.06 bits per heavy atom. The van der Waals surface area contributed by atoms with E-state index in [0.717, 1.165) is 5.56 Å². The molecule has 2 aromatic carbocycles. The normalized spacial score (nSPS) is 18.0. The summed E-state index contributed by atoms with van der Waals surface area (Å²) >= 11 is 0. The van der Waals surface area contributed by atoms with E-state index >= 15 is 0 Å². The molecule has 3 amide bonds. The van der Waals surface area contributed by atoms with E-state index in [-0.39, 0.29) is 43.6 Å². The van der Waals surface area contributed by atoms with Crippen molar-refractivity contribution in [3.63, 3.8) is 0 Å². The molecule has 10 heteroatoms. The van der Waals surface area contributed by atoms with E-state index in [9.17, 15) is 14.4 Å². The predicted molar refractivity (Wildman–Crippen MR) is 126 cm³/mol. The summed E-state index contributed by atoms with van der Waals surface area (Å²) in [6, 6.07) is 15.8. The Bertz CT molecular complexity index is 1230. The van der Waals surface area contributed by atoms with Gasteiger partial charge >= 0.3 is 6.09 Å². The minimum Gasteiger partial charge on any atom is -0.445 e. The van der Waals surface area contributed by atoms with E-state index in [4.69, 9.17) is 14.0 Å². The van der Waals surface area contributed by atoms with Gasteiger partial charge in [-0.2, -0.15) is 4.98 Å². The number of carbonyl (C=O) groups is 3. The summed E-state index contributed by atoms with van der Waals surface area (Å²) in [7, 11) is 0. The van der Waals surface area contributed by atoms with Crippen molar-refractivity contribution < 1.29 is 28.4 Å². The first-order valence-electron chi connectivity index (χ1n) is 11.8. The second kappa shape index (κ2) is 10.3. The molecule has 3 heterocycles. The van der Waals surface area contributed by atoms with E-state index in [1.165, 1.54) is 4.90 Å². The predicted octanol–water partition coefficient (Wildman–Crippen LogP) is 3.40. The lowest BCUT2D eigenvalue weighted by atomic mass is 10.1. The van der Waals surface area contributed by atoms with Gasteiger partial charge in [-0.1, -0.05) is 47.6 Å². The first-order chi connectivity index (χ1) is 17.5. The molecule has 0 N–H and O–H groups in total. The quantitative estimate of drug-likeness (QED) is 0.441. The van der Waals surface area contributed by atoms with Gasteiger partial charge in [-0.05, 0) is 31.0 Å². The maximum atomic E-state index is 12.6. The standard InChI is InChI=1S/C26H26N4O6/c1-17(30-24(31)20-9-5-6-10-21(20)25(30)32)14-34-16-22-27-23(28-36-22)19-11-12-29(13-19)26(33)35-15-18-7-3-2-4-8-18/h2-10,17,19H,11-16H2,1H3. The van der Waals surface area contributed by atoms with Crippen molar-refractivity contribution in [2.45, 2.75) is 38.5 Å². The summed E-state index contributed by atoms with van der Waals surface area (Å²) in [5, 5.41) is 4.05. The van der Waals surface area contributed by atoms with E-state index in [1.54, 1.807) is 36.1 Å². The number of likely N-dealkylation sites (tertiary alicyclic amines) is 1. The molecule has 0 saturated carbocycles. The largest absolute Gasteiger partial charge is 0.445 e. The molecule has 2 unspecified atom stereocenters. The van der Waals surface area contributed by atoms with Crippen LogP contribution in [-0.4, -0.2) is 63.6 Å². The number of hydrogen-bond donors (Lipinski definition) is 0. The lowest BCUT2D eigenvalue weighted by molar-refractivity contribution is 0.0351. The maximum absolute atomic E-state index is 12.6. The second-order valence-corrected chi connectivity index (χ2v) is 8.91. The van der Waals surface area contributed by atoms with Gasteiger partial charge in [0.05, 0.1) is 23.8 Å². The van der Waals surface area contributed by atoms with Gasteiger partial charge in [-0.15, -0.1) is 0 Å². The third-order valence-electron chi connectivity index (χ3n) is 6.35. The van der Waals surface area contributed by atoms with Gasteiger partial charge in [0.2, 0.25) is 0 Å². The zero-order valence-corrected chi connectivity index (χ0v) is 19.8. The molecule has 10 nitrogen and oxygen atoms in total. The van der Waals surface area contributed by atoms with Gasteiger partial charge in [0.1, 0.15) is 13.2 Å². The molecule has 186 valence electrons. The molecule has 2 aliphatic rings. The van der Waals surface area contributed by atoms with Crippen molar-refractivity contribution in [2.75, 3.05) is 19.7 Å². The monoisotopic (exact) mass is 490 g/mol. The zero-order valence-electron chi connectivity index (χ0n) is 19.8. The average molecular weight is 491 g/mol. The highest BCUT2D eigenvalue weighted by atomic mass is 16.6. The van der Waals surface area contributed by atoms with Crippen molar-refractivity contribution in [1.82, 2.24) is 19.9 Å². The first kappa shape index (κ1) is 23.7. The molecule has 0 spiro atoms. The third-order valence-corrected chi connectivity index (χ3v) is 6.35. The van der Waals surface area contributed by atoms with Crippen LogP contribution in [0.1, 0.15) is 57.3 Å². The number of nitrogens with zero attached hydrogens (tertiary/aromatic N) is 4. The molecule has 1 fully saturated rings. The van der Waals surface area contributed by atoms with Crippen molar-refractivity contribution in [3.8, 4) is 0 Å². The molecule has 0 bridgehead atoms. The molecule has 1 saturated heterocycles. The van der Waals surface area contributed by atoms with Crippen LogP contribution in [0, 0.1) is 0 Å². The molecule has 0 radical (unpaired) electrons. The fourth-order valence-corrected chi connectivity index (χ4v) is 4.44. The number of benzene rings is 2. The van der Waals surface area contributed by atoms with Gasteiger partial charge in [0, 0.05) is 19.0 Å². The Morgan fingerprint density at radius 2 is 1.75 bits per heavy atom. The fourth-order valence-electron chi connectivity index (χ4n) is 4.44. The molecule has 2 atom stereocenters. The van der Waals surface area contributed by atoms with E-state index < -0.39 is 6.04 Å². The number of aromatic nitrogens is 2. The topological polar surface area (TPSA) is 115 Å². The van der Waals surface area contributed by atoms with Crippen molar-refractivity contribution in [3.05, 3.63) is 83.0 Å². The van der Waals surface area contributed by atoms with Crippen LogP contribution in [0.25, 0.3) is 0 Å². The van der Waals surface area contributed by atoms with Crippen LogP contribution < -0.4 is 0 Å². The van der Waals surface area contributed by atoms with E-state index in [0.29, 0.717) is 42.4 Å². The lowest BCUT2D eigenvalue weighted by Crippen LogP contribution is -2.40. The minimum absolute atomic E-state index is 0.0516. The molecule has 1 aromatic heterocycles. The summed E-state index contributed by atoms with van der Waals surface area (Å²) in [6.07, 6.45) is 0.340. The number of hydrogen-bond acceptors (Lipinski definition) is 8. The minimum atomic E-state index is -0.454. The smallest absolute Gasteiger partial charge is 0.410 e. The third kappa shape index (κ3) is 4.85. The Balaban J connectivity index is 1.08. The average Bonchev–Trinajstić information content (AvgIpc) is 3.62. The molecule has 3 aromatic rings. The molecule has 0 aliphatic carbocycles. The molecular formula is C26H26N4O6. The highest BCUT2D eigenvalue weighted by Gasteiger charge is 2.38. The van der Waals surface area contributed by atoms with Crippen LogP contribution >= 0.6 is 0 Å². The summed E-state index contributed by atoms with van der Waals surface area (Å²) in [4.78, 5) is 44.9. The summed E-state index contributed by atoms with van der Waals surface area (Å²) in [5.74, 6) is 0.119. The lowest BCUT2D eigenvalue weighted by Gasteiger charge is -2.21. The summed E-state index contributed by atoms with van der Waals surface area (Å²) in [6.45, 7) is 3.17. The number of amides is 3. The molecular weight excluding hydrogens is 464 g/mol. The number of fused-ring (bicyclic) bond motifs is 1. The van der Waals surface area contributed by atoms with Gasteiger partial charge in [0.15, 0.2) is 5.82 Å². The highest BCUT2D eigenvalue weighted by Crippen LogP contribution is 2.27. The molecule has 36 heavy (non-hydrogen) atoms. The second-order valence-electron chi connectivity index (χ2n) is 8.91. The molecule has 5 rings (SSSR count). The van der Waals surface area contributed by atoms with Crippen LogP contribution in [0.4, 0.5) is 4.79 Å². The van der Waals surface area contributed by atoms with Gasteiger partial charge in [-0.25, -0.2) is 4.79 Å². The van der Waals surface area contributed by atoms with Gasteiger partial charge in [0.25, 0.3) is 17.7 Å². The van der Waals surface area contributed by atoms with Crippen molar-refractivity contribution >= 4 is 17.9 Å². The number of rotatable bonds is 8. The Kier molecular flexibility index (Phi) is 6.77. The van der Waals surface area contributed by atoms with Crippen LogP contribution in [0.2, 0.25) is 0 Å². The number of carbonyl (C=O) groups excluding carboxylic acids is 3. The Morgan fingerprint density at radius 3 is 2.47 bits per heavy atom. The number of ether oxygens (including phenoxy) is 2. The SMILES string of the molecule is CC(COCc1nc(C2CCN(C(=O)OCc3ccccc3)C2)no1)N1C(=O)c2ccccc2C1=O. The number of imide groups is 1. The Labute approximate surface area is 207 Å². The van der Waals surface area contributed by atoms with Crippen LogP contribution in [-0.2, 0) is 22.7 Å². The summed E-state index contributed by atoms with van der Waals surface area (Å²) in [5.41, 5.74) is 1.75. The Hall–Kier alpha value is -4.05. The van der Waals surface area contributed by atoms with Crippen LogP contribution in [0.3, 0.4) is 0 Å². The fraction of sp³-hybridized carbons (Fsp3) is 0.346. The van der Waals surface area contributed by atoms with Gasteiger partial charge in [-0.3, -0.25) is 14.5 Å². The van der Waals surface area contributed by atoms with Crippen molar-refractivity contribution in [2.24, 2.45) is 0 Å². The van der Waals surface area contributed by atoms with Crippen LogP contribution in [0.15, 0.2) is 59.1 Å². The first-order valence-corrected chi connectivity index (χ1v) is 11.8. The van der Waals surface area contributed by atoms with Crippen LogP contribution in [0.5, 0.6) is 0 Å².